The van der Waals surface area contributed by atoms with Crippen LogP contribution in [0.3, 0.4) is 0 Å². The molecule has 8 heteroatoms. The molecule has 0 spiro atoms. The van der Waals surface area contributed by atoms with Crippen molar-refractivity contribution in [1.29, 1.82) is 0 Å². The average Bonchev–Trinajstić information content (AvgIpc) is 2.76. The summed E-state index contributed by atoms with van der Waals surface area (Å²) in [6, 6.07) is 6.67. The van der Waals surface area contributed by atoms with Gasteiger partial charge in [-0.15, -0.1) is 0 Å². The molecule has 0 saturated heterocycles. The predicted octanol–water partition coefficient (Wildman–Crippen LogP) is 3.04. The molecule has 0 unspecified atom stereocenters. The molecule has 30 heavy (non-hydrogen) atoms. The molecule has 2 aliphatic rings. The first-order chi connectivity index (χ1) is 14.6. The highest BCUT2D eigenvalue weighted by molar-refractivity contribution is 6.32. The average molecular weight is 430 g/mol. The third-order valence-electron chi connectivity index (χ3n) is 5.85. The molecule has 1 aromatic heterocycles. The number of nitrogens with zero attached hydrogens (tertiary/aromatic N) is 2. The third-order valence-corrected chi connectivity index (χ3v) is 6.12. The van der Waals surface area contributed by atoms with E-state index >= 15 is 0 Å². The lowest BCUT2D eigenvalue weighted by atomic mass is 9.91. The summed E-state index contributed by atoms with van der Waals surface area (Å²) < 4.78 is 5.10. The Kier molecular flexibility index (Phi) is 6.82. The zero-order valence-corrected chi connectivity index (χ0v) is 18.0. The molecule has 7 nitrogen and oxygen atoms in total. The first-order valence-corrected chi connectivity index (χ1v) is 10.9. The molecule has 2 aromatic rings. The number of methoxy groups -OCH3 is 1. The van der Waals surface area contributed by atoms with Gasteiger partial charge in [0.1, 0.15) is 0 Å². The third kappa shape index (κ3) is 4.91. The summed E-state index contributed by atoms with van der Waals surface area (Å²) in [5, 5.41) is 10.4. The Morgan fingerprint density at radius 3 is 2.83 bits per heavy atom. The number of aromatic nitrogens is 2. The number of ether oxygens (including phenoxy) is 1. The minimum absolute atomic E-state index is 0.0220. The van der Waals surface area contributed by atoms with Crippen LogP contribution in [0.4, 0.5) is 5.95 Å². The summed E-state index contributed by atoms with van der Waals surface area (Å²) in [5.41, 5.74) is 3.35. The summed E-state index contributed by atoms with van der Waals surface area (Å²) in [7, 11) is 1.73. The molecule has 3 N–H and O–H groups in total. The number of halogens is 1. The van der Waals surface area contributed by atoms with E-state index in [0.717, 1.165) is 61.9 Å². The maximum atomic E-state index is 12.0. The van der Waals surface area contributed by atoms with E-state index in [0.29, 0.717) is 35.3 Å². The van der Waals surface area contributed by atoms with Gasteiger partial charge in [-0.2, -0.15) is 0 Å². The largest absolute Gasteiger partial charge is 0.383 e. The maximum Gasteiger partial charge on any atom is 0.251 e. The number of fused-ring (bicyclic) bond motifs is 1. The van der Waals surface area contributed by atoms with Crippen LogP contribution < -0.4 is 16.0 Å². The van der Waals surface area contributed by atoms with Gasteiger partial charge in [-0.25, -0.2) is 9.97 Å². The Morgan fingerprint density at radius 1 is 1.23 bits per heavy atom. The number of carbonyl (C=O) groups excluding carboxylic acids is 1. The van der Waals surface area contributed by atoms with Crippen molar-refractivity contribution in [2.75, 3.05) is 32.1 Å². The first kappa shape index (κ1) is 21.0. The smallest absolute Gasteiger partial charge is 0.251 e. The summed E-state index contributed by atoms with van der Waals surface area (Å²) in [6.07, 6.45) is 6.84. The van der Waals surface area contributed by atoms with Gasteiger partial charge in [-0.05, 0) is 49.8 Å². The highest BCUT2D eigenvalue weighted by atomic mass is 35.5. The SMILES string of the molecule is COCCNC1CCC(Nc2ncc(Cl)c(-c3ccc4c(c3)CCNC4=O)n2)CC1. The lowest BCUT2D eigenvalue weighted by molar-refractivity contribution is 0.0946. The van der Waals surface area contributed by atoms with Gasteiger partial charge in [0.15, 0.2) is 0 Å². The maximum absolute atomic E-state index is 12.0. The second-order valence-electron chi connectivity index (χ2n) is 7.91. The highest BCUT2D eigenvalue weighted by Gasteiger charge is 2.22. The number of hydrogen-bond donors (Lipinski definition) is 3. The van der Waals surface area contributed by atoms with Crippen molar-refractivity contribution >= 4 is 23.5 Å². The number of anilines is 1. The van der Waals surface area contributed by atoms with Crippen LogP contribution in [0, 0.1) is 0 Å². The van der Waals surface area contributed by atoms with Crippen LogP contribution in [0.2, 0.25) is 5.02 Å². The fraction of sp³-hybridized carbons (Fsp3) is 0.500. The van der Waals surface area contributed by atoms with Crippen LogP contribution >= 0.6 is 11.6 Å². The normalized spacial score (nSPS) is 21.1. The molecule has 2 heterocycles. The summed E-state index contributed by atoms with van der Waals surface area (Å²) in [5.74, 6) is 0.576. The monoisotopic (exact) mass is 429 g/mol. The van der Waals surface area contributed by atoms with Gasteiger partial charge < -0.3 is 20.7 Å². The van der Waals surface area contributed by atoms with E-state index < -0.39 is 0 Å². The second kappa shape index (κ2) is 9.73. The molecular formula is C22H28ClN5O2. The molecular weight excluding hydrogens is 402 g/mol. The van der Waals surface area contributed by atoms with E-state index in [1.807, 2.05) is 18.2 Å². The van der Waals surface area contributed by atoms with E-state index in [-0.39, 0.29) is 5.91 Å². The van der Waals surface area contributed by atoms with Gasteiger partial charge in [0.05, 0.1) is 23.5 Å². The lowest BCUT2D eigenvalue weighted by Crippen LogP contribution is -2.38. The minimum atomic E-state index is -0.0220. The molecule has 1 aliphatic carbocycles. The van der Waals surface area contributed by atoms with E-state index in [2.05, 4.69) is 20.9 Å². The van der Waals surface area contributed by atoms with Crippen LogP contribution in [0.5, 0.6) is 0 Å². The summed E-state index contributed by atoms with van der Waals surface area (Å²) in [4.78, 5) is 21.1. The first-order valence-electron chi connectivity index (χ1n) is 10.6. The van der Waals surface area contributed by atoms with Crippen LogP contribution in [0.25, 0.3) is 11.3 Å². The predicted molar refractivity (Wildman–Crippen MR) is 118 cm³/mol. The Balaban J connectivity index is 1.42. The molecule has 160 valence electrons. The van der Waals surface area contributed by atoms with Gasteiger partial charge in [0.2, 0.25) is 5.95 Å². The van der Waals surface area contributed by atoms with Crippen LogP contribution in [0.15, 0.2) is 24.4 Å². The van der Waals surface area contributed by atoms with Crippen molar-refractivity contribution in [3.05, 3.63) is 40.5 Å². The van der Waals surface area contributed by atoms with E-state index in [9.17, 15) is 4.79 Å². The summed E-state index contributed by atoms with van der Waals surface area (Å²) in [6.45, 7) is 2.29. The fourth-order valence-electron chi connectivity index (χ4n) is 4.20. The number of hydrogen-bond acceptors (Lipinski definition) is 6. The quantitative estimate of drug-likeness (QED) is 0.586. The molecule has 1 fully saturated rings. The molecule has 0 radical (unpaired) electrons. The molecule has 0 bridgehead atoms. The molecule has 1 aliphatic heterocycles. The Labute approximate surface area is 182 Å². The Bertz CT molecular complexity index is 899. The molecule has 0 atom stereocenters. The zero-order chi connectivity index (χ0) is 20.9. The van der Waals surface area contributed by atoms with Gasteiger partial charge in [-0.1, -0.05) is 17.7 Å². The molecule has 1 saturated carbocycles. The minimum Gasteiger partial charge on any atom is -0.383 e. The van der Waals surface area contributed by atoms with E-state index in [1.54, 1.807) is 13.3 Å². The van der Waals surface area contributed by atoms with Crippen LogP contribution in [-0.2, 0) is 11.2 Å². The lowest BCUT2D eigenvalue weighted by Gasteiger charge is -2.29. The number of carbonyl (C=O) groups is 1. The second-order valence-corrected chi connectivity index (χ2v) is 8.31. The van der Waals surface area contributed by atoms with Gasteiger partial charge >= 0.3 is 0 Å². The Morgan fingerprint density at radius 2 is 2.03 bits per heavy atom. The zero-order valence-electron chi connectivity index (χ0n) is 17.2. The topological polar surface area (TPSA) is 88.2 Å². The van der Waals surface area contributed by atoms with Crippen molar-refractivity contribution in [2.45, 2.75) is 44.2 Å². The fourth-order valence-corrected chi connectivity index (χ4v) is 4.40. The van der Waals surface area contributed by atoms with Crippen LogP contribution in [-0.4, -0.2) is 54.8 Å². The van der Waals surface area contributed by atoms with Crippen molar-refractivity contribution in [3.63, 3.8) is 0 Å². The standard InChI is InChI=1S/C22H28ClN5O2/c1-30-11-10-24-16-3-5-17(6-4-16)27-22-26-13-19(23)20(28-22)15-2-7-18-14(12-15)8-9-25-21(18)29/h2,7,12-13,16-17,24H,3-6,8-11H2,1H3,(H,25,29)(H,26,27,28). The highest BCUT2D eigenvalue weighted by Crippen LogP contribution is 2.30. The Hall–Kier alpha value is -2.22. The van der Waals surface area contributed by atoms with E-state index in [4.69, 9.17) is 21.3 Å². The van der Waals surface area contributed by atoms with Crippen molar-refractivity contribution in [1.82, 2.24) is 20.6 Å². The number of amides is 1. The van der Waals surface area contributed by atoms with Gasteiger partial charge in [0.25, 0.3) is 5.91 Å². The van der Waals surface area contributed by atoms with Crippen molar-refractivity contribution in [2.24, 2.45) is 0 Å². The molecule has 1 amide bonds. The van der Waals surface area contributed by atoms with Crippen molar-refractivity contribution < 1.29 is 9.53 Å². The number of benzene rings is 1. The van der Waals surface area contributed by atoms with Gasteiger partial charge in [0, 0.05) is 43.4 Å². The number of nitrogens with one attached hydrogen (secondary N) is 3. The van der Waals surface area contributed by atoms with Gasteiger partial charge in [-0.3, -0.25) is 4.79 Å². The van der Waals surface area contributed by atoms with Crippen LogP contribution in [0.1, 0.15) is 41.6 Å². The molecule has 4 rings (SSSR count). The number of rotatable bonds is 7. The van der Waals surface area contributed by atoms with Crippen molar-refractivity contribution in [3.8, 4) is 11.3 Å². The summed E-state index contributed by atoms with van der Waals surface area (Å²) >= 11 is 6.41. The van der Waals surface area contributed by atoms with E-state index in [1.165, 1.54) is 0 Å². The molecule has 1 aromatic carbocycles.